The van der Waals surface area contributed by atoms with E-state index in [1.165, 1.54) is 12.1 Å². The van der Waals surface area contributed by atoms with E-state index in [1.54, 1.807) is 29.2 Å². The lowest BCUT2D eigenvalue weighted by Gasteiger charge is -2.06. The van der Waals surface area contributed by atoms with Gasteiger partial charge in [0.1, 0.15) is 0 Å². The second-order valence-corrected chi connectivity index (χ2v) is 5.50. The average Bonchev–Trinajstić information content (AvgIpc) is 2.84. The Kier molecular flexibility index (Phi) is 3.68. The summed E-state index contributed by atoms with van der Waals surface area (Å²) in [6.07, 6.45) is 5.12. The zero-order chi connectivity index (χ0) is 13.9. The van der Waals surface area contributed by atoms with E-state index < -0.39 is 10.0 Å². The fraction of sp³-hybridized carbons (Fsp3) is 0.0833. The topological polar surface area (TPSA) is 90.0 Å². The highest BCUT2D eigenvalue weighted by Gasteiger charge is 2.07. The Morgan fingerprint density at radius 1 is 1.47 bits per heavy atom. The van der Waals surface area contributed by atoms with E-state index in [0.717, 1.165) is 5.56 Å². The van der Waals surface area contributed by atoms with Crippen LogP contribution in [0.2, 0.25) is 0 Å². The van der Waals surface area contributed by atoms with Crippen LogP contribution in [0.5, 0.6) is 0 Å². The zero-order valence-corrected chi connectivity index (χ0v) is 11.0. The van der Waals surface area contributed by atoms with Crippen LogP contribution < -0.4 is 10.5 Å². The number of rotatable bonds is 5. The van der Waals surface area contributed by atoms with Crippen molar-refractivity contribution in [1.82, 2.24) is 9.78 Å². The van der Waals surface area contributed by atoms with E-state index in [9.17, 15) is 8.42 Å². The monoisotopic (exact) mass is 278 g/mol. The first-order chi connectivity index (χ1) is 8.99. The van der Waals surface area contributed by atoms with Crippen LogP contribution in [0.1, 0.15) is 5.56 Å². The summed E-state index contributed by atoms with van der Waals surface area (Å²) in [5.41, 5.74) is 1.64. The van der Waals surface area contributed by atoms with Crippen molar-refractivity contribution in [3.05, 3.63) is 48.8 Å². The van der Waals surface area contributed by atoms with E-state index >= 15 is 0 Å². The molecule has 1 aromatic carbocycles. The largest absolute Gasteiger partial charge is 0.381 e. The molecule has 1 aromatic heterocycles. The van der Waals surface area contributed by atoms with E-state index in [1.807, 2.05) is 6.20 Å². The Morgan fingerprint density at radius 3 is 2.89 bits per heavy atom. The molecule has 0 atom stereocenters. The summed E-state index contributed by atoms with van der Waals surface area (Å²) < 4.78 is 24.0. The maximum Gasteiger partial charge on any atom is 0.238 e. The number of nitrogens with zero attached hydrogens (tertiary/aromatic N) is 2. The lowest BCUT2D eigenvalue weighted by molar-refractivity contribution is 0.598. The second kappa shape index (κ2) is 5.25. The summed E-state index contributed by atoms with van der Waals surface area (Å²) in [6.45, 7) is 4.13. The zero-order valence-electron chi connectivity index (χ0n) is 10.2. The van der Waals surface area contributed by atoms with Crippen LogP contribution >= 0.6 is 0 Å². The van der Waals surface area contributed by atoms with Crippen molar-refractivity contribution in [3.8, 4) is 0 Å². The molecular weight excluding hydrogens is 264 g/mol. The summed E-state index contributed by atoms with van der Waals surface area (Å²) in [5, 5.41) is 12.2. The Labute approximate surface area is 111 Å². The van der Waals surface area contributed by atoms with Crippen LogP contribution in [0.25, 0.3) is 6.20 Å². The standard InChI is InChI=1S/C12H14N4O2S/c1-2-16-9-10(8-15-16)7-14-11-4-3-5-12(6-11)19(13,17)18/h2-6,8-9,14H,1,7H2,(H2,13,17,18). The average molecular weight is 278 g/mol. The molecule has 0 aliphatic carbocycles. The number of aromatic nitrogens is 2. The molecular formula is C12H14N4O2S. The first-order valence-electron chi connectivity index (χ1n) is 5.51. The maximum atomic E-state index is 11.2. The molecule has 0 unspecified atom stereocenters. The number of nitrogens with two attached hydrogens (primary N) is 1. The van der Waals surface area contributed by atoms with Crippen molar-refractivity contribution in [2.45, 2.75) is 11.4 Å². The Balaban J connectivity index is 2.09. The normalized spacial score (nSPS) is 11.2. The minimum absolute atomic E-state index is 0.0827. The van der Waals surface area contributed by atoms with Crippen LogP contribution in [0.3, 0.4) is 0 Å². The van der Waals surface area contributed by atoms with E-state index in [4.69, 9.17) is 5.14 Å². The molecule has 2 aromatic rings. The smallest absolute Gasteiger partial charge is 0.238 e. The van der Waals surface area contributed by atoms with Crippen molar-refractivity contribution >= 4 is 21.9 Å². The third-order valence-corrected chi connectivity index (χ3v) is 3.41. The summed E-state index contributed by atoms with van der Waals surface area (Å²) >= 11 is 0. The molecule has 1 heterocycles. The predicted molar refractivity (Wildman–Crippen MR) is 73.8 cm³/mol. The number of nitrogens with one attached hydrogen (secondary N) is 1. The minimum Gasteiger partial charge on any atom is -0.381 e. The van der Waals surface area contributed by atoms with Gasteiger partial charge in [-0.1, -0.05) is 12.6 Å². The summed E-state index contributed by atoms with van der Waals surface area (Å²) in [7, 11) is -3.68. The van der Waals surface area contributed by atoms with Gasteiger partial charge in [-0.15, -0.1) is 0 Å². The molecule has 0 bridgehead atoms. The molecule has 7 heteroatoms. The van der Waals surface area contributed by atoms with Crippen molar-refractivity contribution in [3.63, 3.8) is 0 Å². The fourth-order valence-corrected chi connectivity index (χ4v) is 2.12. The van der Waals surface area contributed by atoms with Gasteiger partial charge in [-0.3, -0.25) is 0 Å². The van der Waals surface area contributed by atoms with Gasteiger partial charge >= 0.3 is 0 Å². The molecule has 100 valence electrons. The van der Waals surface area contributed by atoms with Gasteiger partial charge in [0.15, 0.2) is 0 Å². The van der Waals surface area contributed by atoms with Gasteiger partial charge in [0.05, 0.1) is 11.1 Å². The lowest BCUT2D eigenvalue weighted by atomic mass is 10.3. The van der Waals surface area contributed by atoms with E-state index in [0.29, 0.717) is 12.2 Å². The van der Waals surface area contributed by atoms with E-state index in [-0.39, 0.29) is 4.90 Å². The number of primary sulfonamides is 1. The van der Waals surface area contributed by atoms with Crippen LogP contribution in [0, 0.1) is 0 Å². The number of anilines is 1. The van der Waals surface area contributed by atoms with Gasteiger partial charge in [0.25, 0.3) is 0 Å². The van der Waals surface area contributed by atoms with Gasteiger partial charge in [-0.2, -0.15) is 5.10 Å². The number of hydrogen-bond donors (Lipinski definition) is 2. The molecule has 2 rings (SSSR count). The van der Waals surface area contributed by atoms with Gasteiger partial charge in [-0.25, -0.2) is 18.2 Å². The number of benzene rings is 1. The molecule has 0 fully saturated rings. The molecule has 6 nitrogen and oxygen atoms in total. The number of sulfonamides is 1. The van der Waals surface area contributed by atoms with Gasteiger partial charge in [0.2, 0.25) is 10.0 Å². The predicted octanol–water partition coefficient (Wildman–Crippen LogP) is 1.24. The SMILES string of the molecule is C=Cn1cc(CNc2cccc(S(N)(=O)=O)c2)cn1. The van der Waals surface area contributed by atoms with Crippen LogP contribution in [-0.4, -0.2) is 18.2 Å². The summed E-state index contributed by atoms with van der Waals surface area (Å²) in [6, 6.07) is 6.35. The molecule has 0 saturated carbocycles. The first-order valence-corrected chi connectivity index (χ1v) is 7.06. The summed E-state index contributed by atoms with van der Waals surface area (Å²) in [5.74, 6) is 0. The highest BCUT2D eigenvalue weighted by molar-refractivity contribution is 7.89. The maximum absolute atomic E-state index is 11.2. The minimum atomic E-state index is -3.68. The van der Waals surface area contributed by atoms with Crippen LogP contribution in [0.15, 0.2) is 48.1 Å². The Bertz CT molecular complexity index is 691. The summed E-state index contributed by atoms with van der Waals surface area (Å²) in [4.78, 5) is 0.0827. The quantitative estimate of drug-likeness (QED) is 0.861. The lowest BCUT2D eigenvalue weighted by Crippen LogP contribution is -2.12. The molecule has 0 aliphatic heterocycles. The highest BCUT2D eigenvalue weighted by atomic mass is 32.2. The van der Waals surface area contributed by atoms with Crippen molar-refractivity contribution < 1.29 is 8.42 Å². The third-order valence-electron chi connectivity index (χ3n) is 2.50. The van der Waals surface area contributed by atoms with Gasteiger partial charge in [-0.05, 0) is 18.2 Å². The van der Waals surface area contributed by atoms with Crippen molar-refractivity contribution in [1.29, 1.82) is 0 Å². The molecule has 0 aliphatic rings. The Morgan fingerprint density at radius 2 is 2.26 bits per heavy atom. The van der Waals surface area contributed by atoms with Crippen LogP contribution in [0.4, 0.5) is 5.69 Å². The van der Waals surface area contributed by atoms with Gasteiger partial charge < -0.3 is 5.32 Å². The Hall–Kier alpha value is -2.12. The van der Waals surface area contributed by atoms with Crippen molar-refractivity contribution in [2.75, 3.05) is 5.32 Å². The molecule has 0 amide bonds. The molecule has 19 heavy (non-hydrogen) atoms. The number of hydrogen-bond acceptors (Lipinski definition) is 4. The van der Waals surface area contributed by atoms with Crippen molar-refractivity contribution in [2.24, 2.45) is 5.14 Å². The van der Waals surface area contributed by atoms with Crippen LogP contribution in [-0.2, 0) is 16.6 Å². The molecule has 3 N–H and O–H groups in total. The molecule has 0 radical (unpaired) electrons. The van der Waals surface area contributed by atoms with Gasteiger partial charge in [0, 0.05) is 30.2 Å². The second-order valence-electron chi connectivity index (χ2n) is 3.94. The molecule has 0 saturated heterocycles. The molecule has 0 spiro atoms. The van der Waals surface area contributed by atoms with E-state index in [2.05, 4.69) is 17.0 Å². The fourth-order valence-electron chi connectivity index (χ4n) is 1.56. The third kappa shape index (κ3) is 3.43. The highest BCUT2D eigenvalue weighted by Crippen LogP contribution is 2.15. The first kappa shape index (κ1) is 13.3.